The maximum absolute atomic E-state index is 10.4. The van der Waals surface area contributed by atoms with Crippen molar-refractivity contribution >= 4 is 0 Å². The summed E-state index contributed by atoms with van der Waals surface area (Å²) >= 11 is 0. The van der Waals surface area contributed by atoms with Gasteiger partial charge in [-0.3, -0.25) is 0 Å². The van der Waals surface area contributed by atoms with Crippen LogP contribution in [0.4, 0.5) is 0 Å². The van der Waals surface area contributed by atoms with E-state index in [4.69, 9.17) is 5.73 Å². The van der Waals surface area contributed by atoms with Gasteiger partial charge < -0.3 is 15.9 Å². The Morgan fingerprint density at radius 2 is 1.95 bits per heavy atom. The molecule has 4 rings (SSSR count). The smallest absolute Gasteiger partial charge is 0.0817 e. The van der Waals surface area contributed by atoms with Gasteiger partial charge in [0.15, 0.2) is 0 Å². The molecule has 0 spiro atoms. The van der Waals surface area contributed by atoms with Crippen LogP contribution in [0.15, 0.2) is 35.5 Å². The van der Waals surface area contributed by atoms with Gasteiger partial charge in [0.05, 0.1) is 12.2 Å². The van der Waals surface area contributed by atoms with Gasteiger partial charge in [0.2, 0.25) is 0 Å². The Morgan fingerprint density at radius 1 is 1.18 bits per heavy atom. The Balaban J connectivity index is 1.84. The number of hydrogen-bond donors (Lipinski definition) is 3. The van der Waals surface area contributed by atoms with Gasteiger partial charge in [-0.15, -0.1) is 0 Å². The minimum absolute atomic E-state index is 0.0614. The summed E-state index contributed by atoms with van der Waals surface area (Å²) < 4.78 is 0. The number of aliphatic hydroxyl groups excluding tert-OH is 2. The van der Waals surface area contributed by atoms with Crippen molar-refractivity contribution in [1.29, 1.82) is 0 Å². The number of hydrogen-bond acceptors (Lipinski definition) is 3. The molecule has 4 aliphatic carbocycles. The monoisotopic (exact) mass is 301 g/mol. The van der Waals surface area contributed by atoms with Gasteiger partial charge in [-0.25, -0.2) is 0 Å². The summed E-state index contributed by atoms with van der Waals surface area (Å²) in [5.74, 6) is 0.902. The van der Waals surface area contributed by atoms with E-state index in [0.29, 0.717) is 11.8 Å². The summed E-state index contributed by atoms with van der Waals surface area (Å²) in [6, 6.07) is 0.0614. The highest BCUT2D eigenvalue weighted by Gasteiger charge is 2.54. The first-order chi connectivity index (χ1) is 10.4. The summed E-state index contributed by atoms with van der Waals surface area (Å²) in [7, 11) is 0. The van der Waals surface area contributed by atoms with Crippen LogP contribution < -0.4 is 5.73 Å². The molecule has 4 unspecified atom stereocenters. The van der Waals surface area contributed by atoms with Gasteiger partial charge in [0.1, 0.15) is 0 Å². The molecule has 0 aliphatic heterocycles. The van der Waals surface area contributed by atoms with Crippen LogP contribution in [0, 0.1) is 22.7 Å². The number of allylic oxidation sites excluding steroid dienone is 2. The molecule has 22 heavy (non-hydrogen) atoms. The first kappa shape index (κ1) is 14.7. The molecule has 0 saturated heterocycles. The van der Waals surface area contributed by atoms with Crippen LogP contribution in [0.1, 0.15) is 39.5 Å². The highest BCUT2D eigenvalue weighted by molar-refractivity contribution is 5.47. The van der Waals surface area contributed by atoms with Crippen molar-refractivity contribution in [2.45, 2.75) is 57.8 Å². The lowest BCUT2D eigenvalue weighted by atomic mass is 9.50. The average Bonchev–Trinajstić information content (AvgIpc) is 2.77. The lowest BCUT2D eigenvalue weighted by Gasteiger charge is -2.55. The Bertz CT molecular complexity index is 592. The SMILES string of the molecule is C[C@]12CC[C@@H]3C(=C1C=CC2O)C(N)CC1CC(O)C=C[C@@]13C. The number of rotatable bonds is 0. The van der Waals surface area contributed by atoms with E-state index in [2.05, 4.69) is 26.0 Å². The van der Waals surface area contributed by atoms with Crippen LogP contribution in [0.25, 0.3) is 0 Å². The molecule has 0 amide bonds. The minimum atomic E-state index is -0.377. The summed E-state index contributed by atoms with van der Waals surface area (Å²) in [6.45, 7) is 4.52. The van der Waals surface area contributed by atoms with Crippen molar-refractivity contribution in [3.63, 3.8) is 0 Å². The molecule has 0 aromatic carbocycles. The second-order valence-electron chi connectivity index (χ2n) is 8.25. The third-order valence-corrected chi connectivity index (χ3v) is 7.12. The molecule has 4 N–H and O–H groups in total. The zero-order chi connectivity index (χ0) is 15.7. The zero-order valence-corrected chi connectivity index (χ0v) is 13.5. The third kappa shape index (κ3) is 1.73. The fraction of sp³-hybridized carbons (Fsp3) is 0.684. The predicted octanol–water partition coefficient (Wildman–Crippen LogP) is 2.30. The van der Waals surface area contributed by atoms with Gasteiger partial charge in [-0.1, -0.05) is 38.2 Å². The quantitative estimate of drug-likeness (QED) is 0.602. The zero-order valence-electron chi connectivity index (χ0n) is 13.5. The normalized spacial score (nSPS) is 53.2. The molecule has 0 aromatic rings. The molecule has 0 bridgehead atoms. The molecular weight excluding hydrogens is 274 g/mol. The van der Waals surface area contributed by atoms with Crippen molar-refractivity contribution in [3.8, 4) is 0 Å². The van der Waals surface area contributed by atoms with Crippen molar-refractivity contribution in [2.24, 2.45) is 28.4 Å². The van der Waals surface area contributed by atoms with Gasteiger partial charge in [-0.05, 0) is 54.1 Å². The van der Waals surface area contributed by atoms with Crippen LogP contribution >= 0.6 is 0 Å². The van der Waals surface area contributed by atoms with E-state index in [1.807, 2.05) is 12.2 Å². The topological polar surface area (TPSA) is 66.5 Å². The Morgan fingerprint density at radius 3 is 2.73 bits per heavy atom. The predicted molar refractivity (Wildman–Crippen MR) is 87.0 cm³/mol. The van der Waals surface area contributed by atoms with Gasteiger partial charge >= 0.3 is 0 Å². The molecule has 0 heterocycles. The molecule has 120 valence electrons. The third-order valence-electron chi connectivity index (χ3n) is 7.12. The second-order valence-corrected chi connectivity index (χ2v) is 8.25. The van der Waals surface area contributed by atoms with E-state index in [1.54, 1.807) is 0 Å². The van der Waals surface area contributed by atoms with Gasteiger partial charge in [0.25, 0.3) is 0 Å². The van der Waals surface area contributed by atoms with Gasteiger partial charge in [0, 0.05) is 11.5 Å². The van der Waals surface area contributed by atoms with Crippen LogP contribution in [0.3, 0.4) is 0 Å². The van der Waals surface area contributed by atoms with Crippen molar-refractivity contribution < 1.29 is 10.2 Å². The molecule has 0 radical (unpaired) electrons. The van der Waals surface area contributed by atoms with Gasteiger partial charge in [-0.2, -0.15) is 0 Å². The lowest BCUT2D eigenvalue weighted by molar-refractivity contribution is 0.0295. The summed E-state index contributed by atoms with van der Waals surface area (Å²) in [4.78, 5) is 0. The molecule has 1 saturated carbocycles. The molecular formula is C19H27NO2. The number of nitrogens with two attached hydrogens (primary N) is 1. The molecule has 4 aliphatic rings. The Hall–Kier alpha value is -0.900. The van der Waals surface area contributed by atoms with E-state index in [1.165, 1.54) is 11.1 Å². The maximum atomic E-state index is 10.4. The fourth-order valence-electron chi connectivity index (χ4n) is 5.61. The minimum Gasteiger partial charge on any atom is -0.389 e. The highest BCUT2D eigenvalue weighted by Crippen LogP contribution is 2.60. The van der Waals surface area contributed by atoms with E-state index >= 15 is 0 Å². The second kappa shape index (κ2) is 4.56. The lowest BCUT2D eigenvalue weighted by Crippen LogP contribution is -2.52. The Kier molecular flexibility index (Phi) is 3.04. The molecule has 0 aromatic heterocycles. The van der Waals surface area contributed by atoms with E-state index < -0.39 is 0 Å². The van der Waals surface area contributed by atoms with E-state index in [0.717, 1.165) is 25.7 Å². The molecule has 3 nitrogen and oxygen atoms in total. The van der Waals surface area contributed by atoms with Crippen molar-refractivity contribution in [2.75, 3.05) is 0 Å². The molecule has 3 heteroatoms. The average molecular weight is 301 g/mol. The summed E-state index contributed by atoms with van der Waals surface area (Å²) in [6.07, 6.45) is 11.4. The molecule has 1 fully saturated rings. The van der Waals surface area contributed by atoms with E-state index in [9.17, 15) is 10.2 Å². The largest absolute Gasteiger partial charge is 0.389 e. The summed E-state index contributed by atoms with van der Waals surface area (Å²) in [5.41, 5.74) is 9.20. The first-order valence-corrected chi connectivity index (χ1v) is 8.60. The maximum Gasteiger partial charge on any atom is 0.0817 e. The standard InChI is InChI=1S/C19H27NO2/c1-18-7-5-12(21)9-11(18)10-15(20)17-13-3-4-16(22)19(13,2)8-6-14(17)18/h3-5,7,11-12,14-16,21-22H,6,8-10,20H2,1-2H3/t11?,12?,14-,15?,16?,18+,19+/m1/s1. The Labute approximate surface area is 132 Å². The first-order valence-electron chi connectivity index (χ1n) is 8.60. The fourth-order valence-corrected chi connectivity index (χ4v) is 5.61. The van der Waals surface area contributed by atoms with Crippen LogP contribution in [-0.4, -0.2) is 28.5 Å². The number of aliphatic hydroxyl groups is 2. The molecule has 7 atom stereocenters. The van der Waals surface area contributed by atoms with Crippen molar-refractivity contribution in [3.05, 3.63) is 35.5 Å². The van der Waals surface area contributed by atoms with Crippen molar-refractivity contribution in [1.82, 2.24) is 0 Å². The van der Waals surface area contributed by atoms with Crippen LogP contribution in [0.2, 0.25) is 0 Å². The highest BCUT2D eigenvalue weighted by atomic mass is 16.3. The van der Waals surface area contributed by atoms with E-state index in [-0.39, 0.29) is 29.1 Å². The van der Waals surface area contributed by atoms with Crippen LogP contribution in [-0.2, 0) is 0 Å². The summed E-state index contributed by atoms with van der Waals surface area (Å²) in [5, 5.41) is 20.4. The van der Waals surface area contributed by atoms with Crippen LogP contribution in [0.5, 0.6) is 0 Å². The number of fused-ring (bicyclic) bond motifs is 4.